The third-order valence-corrected chi connectivity index (χ3v) is 1.82. The molecule has 1 rings (SSSR count). The largest absolute Gasteiger partial charge is 0.146 e. The van der Waals surface area contributed by atoms with Crippen molar-refractivity contribution >= 4 is 0 Å². The summed E-state index contributed by atoms with van der Waals surface area (Å²) in [5.74, 6) is 1.08. The number of rotatable bonds is 0. The van der Waals surface area contributed by atoms with Crippen LogP contribution in [0.5, 0.6) is 0 Å². The molecule has 2 heteroatoms. The predicted octanol–water partition coefficient (Wildman–Crippen LogP) is 1.85. The Morgan fingerprint density at radius 3 is 2.00 bits per heavy atom. The molecular weight excluding hydrogens is 117 g/mol. The molecule has 0 aliphatic carbocycles. The molecular formula is C7H14FN. The van der Waals surface area contributed by atoms with Crippen LogP contribution >= 0.6 is 0 Å². The molecule has 0 aromatic carbocycles. The first-order valence-corrected chi connectivity index (χ1v) is 3.59. The van der Waals surface area contributed by atoms with Crippen LogP contribution in [0.25, 0.3) is 0 Å². The molecule has 0 N–H and O–H groups in total. The molecule has 0 aromatic rings. The normalized spacial score (nSPS) is 39.0. The zero-order chi connectivity index (χ0) is 6.85. The van der Waals surface area contributed by atoms with E-state index in [1.54, 1.807) is 0 Å². The zero-order valence-electron chi connectivity index (χ0n) is 6.10. The van der Waals surface area contributed by atoms with E-state index in [9.17, 15) is 4.48 Å². The Bertz CT molecular complexity index is 69.9. The van der Waals surface area contributed by atoms with E-state index in [2.05, 4.69) is 13.8 Å². The Morgan fingerprint density at radius 1 is 1.22 bits per heavy atom. The Kier molecular flexibility index (Phi) is 2.06. The summed E-state index contributed by atoms with van der Waals surface area (Å²) >= 11 is 0. The van der Waals surface area contributed by atoms with Crippen LogP contribution in [0.3, 0.4) is 0 Å². The minimum Gasteiger partial charge on any atom is -0.146 e. The van der Waals surface area contributed by atoms with Crippen LogP contribution in [-0.4, -0.2) is 18.2 Å². The number of halogens is 1. The van der Waals surface area contributed by atoms with Crippen LogP contribution in [0.1, 0.15) is 20.3 Å². The third-order valence-electron chi connectivity index (χ3n) is 1.82. The van der Waals surface area contributed by atoms with Crippen molar-refractivity contribution in [2.45, 2.75) is 20.3 Å². The molecule has 0 saturated carbocycles. The van der Waals surface area contributed by atoms with Gasteiger partial charge in [0.1, 0.15) is 0 Å². The number of piperidine rings is 1. The van der Waals surface area contributed by atoms with Gasteiger partial charge in [-0.3, -0.25) is 0 Å². The topological polar surface area (TPSA) is 3.24 Å². The summed E-state index contributed by atoms with van der Waals surface area (Å²) < 4.78 is 12.5. The van der Waals surface area contributed by atoms with Crippen molar-refractivity contribution in [3.8, 4) is 0 Å². The first-order valence-electron chi connectivity index (χ1n) is 3.59. The molecule has 1 aliphatic heterocycles. The van der Waals surface area contributed by atoms with Crippen LogP contribution < -0.4 is 0 Å². The monoisotopic (exact) mass is 131 g/mol. The fraction of sp³-hybridized carbons (Fsp3) is 1.00. The van der Waals surface area contributed by atoms with Gasteiger partial charge >= 0.3 is 0 Å². The molecule has 1 saturated heterocycles. The Hall–Kier alpha value is -0.110. The molecule has 1 heterocycles. The molecule has 0 radical (unpaired) electrons. The summed E-state index contributed by atoms with van der Waals surface area (Å²) in [5.41, 5.74) is 0. The second kappa shape index (κ2) is 2.65. The van der Waals surface area contributed by atoms with Gasteiger partial charge in [-0.05, 0) is 18.3 Å². The molecule has 1 fully saturated rings. The zero-order valence-corrected chi connectivity index (χ0v) is 6.10. The Labute approximate surface area is 55.8 Å². The summed E-state index contributed by atoms with van der Waals surface area (Å²) in [6, 6.07) is 0. The lowest BCUT2D eigenvalue weighted by Crippen LogP contribution is -2.32. The number of hydrogen-bond donors (Lipinski definition) is 0. The molecule has 9 heavy (non-hydrogen) atoms. The second-order valence-corrected chi connectivity index (χ2v) is 3.27. The van der Waals surface area contributed by atoms with Gasteiger partial charge in [0.15, 0.2) is 0 Å². The van der Waals surface area contributed by atoms with Crippen molar-refractivity contribution in [1.29, 1.82) is 0 Å². The van der Waals surface area contributed by atoms with Gasteiger partial charge < -0.3 is 0 Å². The van der Waals surface area contributed by atoms with Crippen LogP contribution in [0.15, 0.2) is 0 Å². The van der Waals surface area contributed by atoms with Gasteiger partial charge in [-0.1, -0.05) is 13.8 Å². The highest BCUT2D eigenvalue weighted by molar-refractivity contribution is 4.69. The Balaban J connectivity index is 2.34. The highest BCUT2D eigenvalue weighted by atomic mass is 19.2. The summed E-state index contributed by atoms with van der Waals surface area (Å²) in [5, 5.41) is 0.929. The SMILES string of the molecule is CC1CC(C)CN(F)C1. The first kappa shape index (κ1) is 7.00. The lowest BCUT2D eigenvalue weighted by molar-refractivity contribution is -0.0323. The van der Waals surface area contributed by atoms with Crippen molar-refractivity contribution in [3.63, 3.8) is 0 Å². The van der Waals surface area contributed by atoms with E-state index in [4.69, 9.17) is 0 Å². The highest BCUT2D eigenvalue weighted by Gasteiger charge is 2.20. The van der Waals surface area contributed by atoms with Gasteiger partial charge in [0.25, 0.3) is 0 Å². The van der Waals surface area contributed by atoms with Gasteiger partial charge in [-0.25, -0.2) is 0 Å². The number of nitrogens with zero attached hydrogens (tertiary/aromatic N) is 1. The first-order chi connectivity index (χ1) is 4.18. The fourth-order valence-corrected chi connectivity index (χ4v) is 1.59. The average molecular weight is 131 g/mol. The van der Waals surface area contributed by atoms with Gasteiger partial charge in [-0.15, -0.1) is 9.60 Å². The van der Waals surface area contributed by atoms with Gasteiger partial charge in [0, 0.05) is 13.1 Å². The minimum absolute atomic E-state index is 0.541. The summed E-state index contributed by atoms with van der Waals surface area (Å²) in [6.07, 6.45) is 1.18. The molecule has 0 aromatic heterocycles. The van der Waals surface area contributed by atoms with Gasteiger partial charge in [-0.2, -0.15) is 0 Å². The summed E-state index contributed by atoms with van der Waals surface area (Å²) in [6.45, 7) is 5.46. The van der Waals surface area contributed by atoms with Crippen LogP contribution in [0.4, 0.5) is 4.48 Å². The summed E-state index contributed by atoms with van der Waals surface area (Å²) in [7, 11) is 0. The Morgan fingerprint density at radius 2 is 1.67 bits per heavy atom. The van der Waals surface area contributed by atoms with Crippen LogP contribution in [0, 0.1) is 11.8 Å². The minimum atomic E-state index is 0.541. The van der Waals surface area contributed by atoms with Gasteiger partial charge in [0.05, 0.1) is 0 Å². The van der Waals surface area contributed by atoms with Gasteiger partial charge in [0.2, 0.25) is 0 Å². The number of hydrogen-bond acceptors (Lipinski definition) is 1. The third kappa shape index (κ3) is 1.94. The fourth-order valence-electron chi connectivity index (χ4n) is 1.59. The molecule has 1 aliphatic rings. The van der Waals surface area contributed by atoms with E-state index in [-0.39, 0.29) is 0 Å². The molecule has 1 nitrogen and oxygen atoms in total. The lowest BCUT2D eigenvalue weighted by atomic mass is 9.93. The molecule has 0 bridgehead atoms. The molecule has 0 spiro atoms. The average Bonchev–Trinajstić information content (AvgIpc) is 1.59. The highest BCUT2D eigenvalue weighted by Crippen LogP contribution is 2.20. The van der Waals surface area contributed by atoms with Crippen molar-refractivity contribution in [3.05, 3.63) is 0 Å². The molecule has 54 valence electrons. The maximum Gasteiger partial charge on any atom is 0.0316 e. The second-order valence-electron chi connectivity index (χ2n) is 3.27. The van der Waals surface area contributed by atoms with E-state index in [1.807, 2.05) is 0 Å². The van der Waals surface area contributed by atoms with E-state index in [1.165, 1.54) is 6.42 Å². The van der Waals surface area contributed by atoms with Crippen LogP contribution in [0.2, 0.25) is 0 Å². The van der Waals surface area contributed by atoms with Crippen LogP contribution in [-0.2, 0) is 0 Å². The standard InChI is InChI=1S/C7H14FN/c1-6-3-7(2)5-9(8)4-6/h6-7H,3-5H2,1-2H3. The van der Waals surface area contributed by atoms with Crippen molar-refractivity contribution < 1.29 is 4.48 Å². The van der Waals surface area contributed by atoms with Crippen molar-refractivity contribution in [2.75, 3.05) is 13.1 Å². The quantitative estimate of drug-likeness (QED) is 0.453. The van der Waals surface area contributed by atoms with Crippen molar-refractivity contribution in [1.82, 2.24) is 5.12 Å². The van der Waals surface area contributed by atoms with E-state index in [0.29, 0.717) is 24.9 Å². The maximum atomic E-state index is 12.5. The van der Waals surface area contributed by atoms with E-state index < -0.39 is 0 Å². The molecule has 2 atom stereocenters. The van der Waals surface area contributed by atoms with E-state index >= 15 is 0 Å². The van der Waals surface area contributed by atoms with Crippen molar-refractivity contribution in [2.24, 2.45) is 11.8 Å². The predicted molar refractivity (Wildman–Crippen MR) is 35.6 cm³/mol. The molecule has 2 unspecified atom stereocenters. The summed E-state index contributed by atoms with van der Waals surface area (Å²) in [4.78, 5) is 0. The molecule has 0 amide bonds. The lowest BCUT2D eigenvalue weighted by Gasteiger charge is -2.28. The maximum absolute atomic E-state index is 12.5. The smallest absolute Gasteiger partial charge is 0.0316 e. The van der Waals surface area contributed by atoms with E-state index in [0.717, 1.165) is 5.12 Å².